The smallest absolute Gasteiger partial charge is 0.328 e. The molecule has 10 heteroatoms. The zero-order chi connectivity index (χ0) is 24.7. The van der Waals surface area contributed by atoms with Crippen molar-refractivity contribution < 1.29 is 23.8 Å². The number of ether oxygens (including phenoxy) is 3. The van der Waals surface area contributed by atoms with Gasteiger partial charge in [-0.1, -0.05) is 0 Å². The molecule has 5 rings (SSSR count). The second-order valence-electron chi connectivity index (χ2n) is 8.79. The highest BCUT2D eigenvalue weighted by molar-refractivity contribution is 6.07. The van der Waals surface area contributed by atoms with Crippen LogP contribution in [0.3, 0.4) is 0 Å². The van der Waals surface area contributed by atoms with Crippen LogP contribution in [-0.2, 0) is 23.6 Å². The van der Waals surface area contributed by atoms with Crippen molar-refractivity contribution in [2.24, 2.45) is 20.0 Å². The van der Waals surface area contributed by atoms with E-state index in [1.807, 2.05) is 19.1 Å². The van der Waals surface area contributed by atoms with Gasteiger partial charge in [0.15, 0.2) is 11.5 Å². The molecule has 2 aliphatic rings. The van der Waals surface area contributed by atoms with Gasteiger partial charge in [-0.2, -0.15) is 0 Å². The highest BCUT2D eigenvalue weighted by atomic mass is 16.7. The number of nitrogens with zero attached hydrogens (tertiary/aromatic N) is 3. The number of hydrogen-bond donors (Lipinski definition) is 1. The molecule has 0 unspecified atom stereocenters. The molecule has 0 spiro atoms. The van der Waals surface area contributed by atoms with Crippen molar-refractivity contribution in [2.75, 3.05) is 36.7 Å². The second kappa shape index (κ2) is 9.01. The van der Waals surface area contributed by atoms with Crippen molar-refractivity contribution in [3.05, 3.63) is 46.4 Å². The molecule has 0 bridgehead atoms. The van der Waals surface area contributed by atoms with Crippen molar-refractivity contribution in [3.63, 3.8) is 0 Å². The zero-order valence-electron chi connectivity index (χ0n) is 20.0. The molecule has 0 aliphatic carbocycles. The molecule has 1 fully saturated rings. The number of amides is 1. The van der Waals surface area contributed by atoms with E-state index in [9.17, 15) is 14.4 Å². The van der Waals surface area contributed by atoms with Gasteiger partial charge in [0.25, 0.3) is 5.91 Å². The van der Waals surface area contributed by atoms with E-state index in [-0.39, 0.29) is 30.3 Å². The van der Waals surface area contributed by atoms with Crippen LogP contribution < -0.4 is 25.4 Å². The minimum atomic E-state index is -0.300. The monoisotopic (exact) mass is 480 g/mol. The summed E-state index contributed by atoms with van der Waals surface area (Å²) < 4.78 is 19.1. The molecule has 1 saturated heterocycles. The summed E-state index contributed by atoms with van der Waals surface area (Å²) in [6, 6.07) is 8.80. The van der Waals surface area contributed by atoms with Gasteiger partial charge in [-0.25, -0.2) is 4.79 Å². The summed E-state index contributed by atoms with van der Waals surface area (Å²) in [6.07, 6.45) is 1.31. The Kier molecular flexibility index (Phi) is 5.88. The summed E-state index contributed by atoms with van der Waals surface area (Å²) in [7, 11) is 3.44. The fourth-order valence-corrected chi connectivity index (χ4v) is 4.74. The molecule has 184 valence electrons. The number of imidazole rings is 1. The molecule has 3 heterocycles. The SMILES string of the molecule is CCOC(=O)C1CCN(c2cc3c(cc2NC(=O)c2ccc4c(c2)OCO4)n(C)c(=O)n3C)CC1. The quantitative estimate of drug-likeness (QED) is 0.560. The Balaban J connectivity index is 1.48. The fraction of sp³-hybridized carbons (Fsp3) is 0.400. The van der Waals surface area contributed by atoms with Gasteiger partial charge in [-0.3, -0.25) is 18.7 Å². The Morgan fingerprint density at radius 3 is 2.43 bits per heavy atom. The Morgan fingerprint density at radius 2 is 1.71 bits per heavy atom. The number of benzene rings is 2. The molecular formula is C25H28N4O6. The molecule has 0 saturated carbocycles. The van der Waals surface area contributed by atoms with E-state index in [1.165, 1.54) is 0 Å². The first-order chi connectivity index (χ1) is 16.9. The molecule has 1 amide bonds. The summed E-state index contributed by atoms with van der Waals surface area (Å²) >= 11 is 0. The maximum absolute atomic E-state index is 13.2. The third-order valence-electron chi connectivity index (χ3n) is 6.73. The molecule has 1 aromatic heterocycles. The van der Waals surface area contributed by atoms with Crippen molar-refractivity contribution in [2.45, 2.75) is 19.8 Å². The van der Waals surface area contributed by atoms with Crippen molar-refractivity contribution in [1.29, 1.82) is 0 Å². The van der Waals surface area contributed by atoms with E-state index in [0.717, 1.165) is 11.2 Å². The third kappa shape index (κ3) is 4.09. The lowest BCUT2D eigenvalue weighted by atomic mass is 9.96. The molecule has 3 aromatic rings. The predicted octanol–water partition coefficient (Wildman–Crippen LogP) is 2.64. The number of carbonyl (C=O) groups excluding carboxylic acids is 2. The van der Waals surface area contributed by atoms with Crippen LogP contribution in [0.2, 0.25) is 0 Å². The van der Waals surface area contributed by atoms with Crippen LogP contribution in [-0.4, -0.2) is 47.5 Å². The summed E-state index contributed by atoms with van der Waals surface area (Å²) in [5.74, 6) is 0.533. The number of fused-ring (bicyclic) bond motifs is 2. The molecule has 10 nitrogen and oxygen atoms in total. The van der Waals surface area contributed by atoms with Crippen molar-refractivity contribution >= 4 is 34.3 Å². The van der Waals surface area contributed by atoms with Crippen LogP contribution in [0, 0.1) is 5.92 Å². The van der Waals surface area contributed by atoms with Crippen LogP contribution in [0.25, 0.3) is 11.0 Å². The number of carbonyl (C=O) groups is 2. The van der Waals surface area contributed by atoms with Gasteiger partial charge in [0, 0.05) is 32.7 Å². The van der Waals surface area contributed by atoms with Crippen molar-refractivity contribution in [3.8, 4) is 11.5 Å². The molecule has 35 heavy (non-hydrogen) atoms. The Labute approximate surface area is 202 Å². The number of esters is 1. The Hall–Kier alpha value is -3.95. The number of piperidine rings is 1. The fourth-order valence-electron chi connectivity index (χ4n) is 4.74. The van der Waals surface area contributed by atoms with Crippen LogP contribution in [0.15, 0.2) is 35.1 Å². The average Bonchev–Trinajstić information content (AvgIpc) is 3.42. The number of anilines is 2. The van der Waals surface area contributed by atoms with Crippen LogP contribution in [0.4, 0.5) is 11.4 Å². The topological polar surface area (TPSA) is 104 Å². The van der Waals surface area contributed by atoms with E-state index in [4.69, 9.17) is 14.2 Å². The highest BCUT2D eigenvalue weighted by Gasteiger charge is 2.28. The van der Waals surface area contributed by atoms with Crippen LogP contribution in [0.5, 0.6) is 11.5 Å². The standard InChI is InChI=1S/C25H28N4O6/c1-4-33-24(31)15-7-9-29(10-8-15)18-13-20-19(27(2)25(32)28(20)3)12-17(18)26-23(30)16-5-6-21-22(11-16)35-14-34-21/h5-6,11-13,15H,4,7-10,14H2,1-3H3,(H,26,30). The maximum Gasteiger partial charge on any atom is 0.328 e. The zero-order valence-corrected chi connectivity index (χ0v) is 20.0. The average molecular weight is 481 g/mol. The van der Waals surface area contributed by atoms with E-state index in [2.05, 4.69) is 10.2 Å². The normalized spacial score (nSPS) is 15.5. The first kappa shape index (κ1) is 22.8. The Bertz CT molecular complexity index is 1370. The molecule has 0 radical (unpaired) electrons. The lowest BCUT2D eigenvalue weighted by Gasteiger charge is -2.34. The lowest BCUT2D eigenvalue weighted by Crippen LogP contribution is -2.37. The molecule has 2 aromatic carbocycles. The first-order valence-corrected chi connectivity index (χ1v) is 11.7. The summed E-state index contributed by atoms with van der Waals surface area (Å²) in [5.41, 5.74) is 3.16. The molecule has 1 N–H and O–H groups in total. The van der Waals surface area contributed by atoms with E-state index in [0.29, 0.717) is 60.8 Å². The third-order valence-corrected chi connectivity index (χ3v) is 6.73. The van der Waals surface area contributed by atoms with Crippen LogP contribution in [0.1, 0.15) is 30.1 Å². The number of aryl methyl sites for hydroxylation is 2. The maximum atomic E-state index is 13.2. The van der Waals surface area contributed by atoms with E-state index in [1.54, 1.807) is 41.4 Å². The number of aromatic nitrogens is 2. The highest BCUT2D eigenvalue weighted by Crippen LogP contribution is 2.36. The van der Waals surface area contributed by atoms with E-state index >= 15 is 0 Å². The van der Waals surface area contributed by atoms with Gasteiger partial charge in [-0.05, 0) is 50.1 Å². The van der Waals surface area contributed by atoms with E-state index < -0.39 is 0 Å². The summed E-state index contributed by atoms with van der Waals surface area (Å²) in [5, 5.41) is 3.02. The number of nitrogens with one attached hydrogen (secondary N) is 1. The Morgan fingerprint density at radius 1 is 1.03 bits per heavy atom. The first-order valence-electron chi connectivity index (χ1n) is 11.7. The van der Waals surface area contributed by atoms with Crippen molar-refractivity contribution in [1.82, 2.24) is 9.13 Å². The summed E-state index contributed by atoms with van der Waals surface area (Å²) in [4.78, 5) is 40.1. The van der Waals surface area contributed by atoms with Crippen LogP contribution >= 0.6 is 0 Å². The second-order valence-corrected chi connectivity index (χ2v) is 8.79. The minimum Gasteiger partial charge on any atom is -0.466 e. The molecular weight excluding hydrogens is 452 g/mol. The van der Waals surface area contributed by atoms with Gasteiger partial charge < -0.3 is 24.4 Å². The van der Waals surface area contributed by atoms with Gasteiger partial charge in [0.2, 0.25) is 6.79 Å². The van der Waals surface area contributed by atoms with Gasteiger partial charge in [0.05, 0.1) is 34.9 Å². The van der Waals surface area contributed by atoms with Gasteiger partial charge in [-0.15, -0.1) is 0 Å². The summed E-state index contributed by atoms with van der Waals surface area (Å²) in [6.45, 7) is 3.56. The molecule has 0 atom stereocenters. The lowest BCUT2D eigenvalue weighted by molar-refractivity contribution is -0.148. The largest absolute Gasteiger partial charge is 0.466 e. The predicted molar refractivity (Wildman–Crippen MR) is 130 cm³/mol. The molecule has 2 aliphatic heterocycles. The minimum absolute atomic E-state index is 0.130. The number of hydrogen-bond acceptors (Lipinski definition) is 7. The number of rotatable bonds is 5. The van der Waals surface area contributed by atoms with Gasteiger partial charge >= 0.3 is 11.7 Å². The van der Waals surface area contributed by atoms with Gasteiger partial charge in [0.1, 0.15) is 0 Å².